The maximum absolute atomic E-state index is 13.0. The minimum atomic E-state index is -0.260. The Morgan fingerprint density at radius 2 is 1.62 bits per heavy atom. The van der Waals surface area contributed by atoms with Gasteiger partial charge in [-0.05, 0) is 57.0 Å². The maximum Gasteiger partial charge on any atom is 0.254 e. The molecule has 2 rings (SSSR count). The Bertz CT molecular complexity index is 642. The van der Waals surface area contributed by atoms with Crippen LogP contribution >= 0.6 is 0 Å². The Balaban J connectivity index is 2.18. The van der Waals surface area contributed by atoms with Crippen molar-refractivity contribution in [2.75, 3.05) is 6.61 Å². The highest BCUT2D eigenvalue weighted by molar-refractivity contribution is 5.94. The van der Waals surface area contributed by atoms with Gasteiger partial charge in [0.15, 0.2) is 0 Å². The fourth-order valence-electron chi connectivity index (χ4n) is 2.45. The van der Waals surface area contributed by atoms with Crippen LogP contribution in [0.3, 0.4) is 0 Å². The van der Waals surface area contributed by atoms with Crippen molar-refractivity contribution >= 4 is 5.91 Å². The van der Waals surface area contributed by atoms with Gasteiger partial charge in [-0.25, -0.2) is 0 Å². The van der Waals surface area contributed by atoms with Gasteiger partial charge < -0.3 is 9.64 Å². The van der Waals surface area contributed by atoms with Gasteiger partial charge in [-0.1, -0.05) is 37.3 Å². The van der Waals surface area contributed by atoms with Crippen LogP contribution in [0.2, 0.25) is 0 Å². The number of amides is 1. The predicted molar refractivity (Wildman–Crippen MR) is 98.3 cm³/mol. The summed E-state index contributed by atoms with van der Waals surface area (Å²) in [5.41, 5.74) is 1.55. The Morgan fingerprint density at radius 1 is 1.00 bits per heavy atom. The number of carbonyl (C=O) groups excluding carboxylic acids is 1. The molecule has 2 aromatic carbocycles. The zero-order valence-electron chi connectivity index (χ0n) is 15.1. The van der Waals surface area contributed by atoms with E-state index in [4.69, 9.17) is 4.74 Å². The van der Waals surface area contributed by atoms with Crippen LogP contribution in [0.1, 0.15) is 50.0 Å². The van der Waals surface area contributed by atoms with Crippen LogP contribution in [0.15, 0.2) is 54.6 Å². The Morgan fingerprint density at radius 3 is 2.17 bits per heavy atom. The first-order valence-electron chi connectivity index (χ1n) is 8.50. The lowest BCUT2D eigenvalue weighted by Crippen LogP contribution is -2.45. The van der Waals surface area contributed by atoms with Gasteiger partial charge in [-0.15, -0.1) is 0 Å². The van der Waals surface area contributed by atoms with Gasteiger partial charge in [0.05, 0.1) is 6.61 Å². The molecule has 1 amide bonds. The van der Waals surface area contributed by atoms with Crippen molar-refractivity contribution in [1.82, 2.24) is 4.90 Å². The first kappa shape index (κ1) is 18.1. The lowest BCUT2D eigenvalue weighted by atomic mass is 10.0. The van der Waals surface area contributed by atoms with E-state index in [2.05, 4.69) is 27.7 Å². The average molecular weight is 325 g/mol. The second-order valence-electron chi connectivity index (χ2n) is 6.92. The molecule has 0 aliphatic rings. The summed E-state index contributed by atoms with van der Waals surface area (Å²) >= 11 is 0. The van der Waals surface area contributed by atoms with Crippen molar-refractivity contribution in [1.29, 1.82) is 0 Å². The highest BCUT2D eigenvalue weighted by atomic mass is 16.5. The zero-order valence-corrected chi connectivity index (χ0v) is 15.1. The number of rotatable bonds is 6. The summed E-state index contributed by atoms with van der Waals surface area (Å²) in [7, 11) is 0. The van der Waals surface area contributed by atoms with Crippen LogP contribution in [-0.4, -0.2) is 23.0 Å². The van der Waals surface area contributed by atoms with E-state index < -0.39 is 0 Å². The number of benzene rings is 2. The summed E-state index contributed by atoms with van der Waals surface area (Å²) in [5, 5.41) is 0. The van der Waals surface area contributed by atoms with E-state index in [-0.39, 0.29) is 11.4 Å². The molecule has 128 valence electrons. The van der Waals surface area contributed by atoms with Crippen LogP contribution in [0, 0.1) is 0 Å². The number of ether oxygens (including phenoxy) is 1. The molecule has 0 bridgehead atoms. The maximum atomic E-state index is 13.0. The molecule has 2 aromatic rings. The van der Waals surface area contributed by atoms with Gasteiger partial charge in [0.1, 0.15) is 5.75 Å². The van der Waals surface area contributed by atoms with E-state index >= 15 is 0 Å². The molecule has 0 unspecified atom stereocenters. The summed E-state index contributed by atoms with van der Waals surface area (Å²) < 4.78 is 5.59. The van der Waals surface area contributed by atoms with E-state index in [0.717, 1.165) is 17.7 Å². The largest absolute Gasteiger partial charge is 0.494 e. The summed E-state index contributed by atoms with van der Waals surface area (Å²) in [5.74, 6) is 0.840. The highest BCUT2D eigenvalue weighted by Crippen LogP contribution is 2.22. The van der Waals surface area contributed by atoms with Crippen molar-refractivity contribution in [2.24, 2.45) is 0 Å². The number of carbonyl (C=O) groups is 1. The minimum Gasteiger partial charge on any atom is -0.494 e. The third-order valence-corrected chi connectivity index (χ3v) is 3.81. The molecule has 0 radical (unpaired) electrons. The van der Waals surface area contributed by atoms with E-state index in [1.54, 1.807) is 0 Å². The molecule has 0 heterocycles. The Kier molecular flexibility index (Phi) is 6.02. The quantitative estimate of drug-likeness (QED) is 0.754. The van der Waals surface area contributed by atoms with Crippen LogP contribution in [-0.2, 0) is 6.54 Å². The van der Waals surface area contributed by atoms with Crippen LogP contribution in [0.5, 0.6) is 5.75 Å². The molecule has 3 nitrogen and oxygen atoms in total. The number of nitrogens with zero attached hydrogens (tertiary/aromatic N) is 1. The van der Waals surface area contributed by atoms with E-state index in [1.165, 1.54) is 0 Å². The van der Waals surface area contributed by atoms with Crippen molar-refractivity contribution in [3.63, 3.8) is 0 Å². The third kappa shape index (κ3) is 4.85. The first-order valence-corrected chi connectivity index (χ1v) is 8.50. The van der Waals surface area contributed by atoms with Crippen molar-refractivity contribution in [3.05, 3.63) is 65.7 Å². The van der Waals surface area contributed by atoms with E-state index in [0.29, 0.717) is 18.7 Å². The average Bonchev–Trinajstić information content (AvgIpc) is 2.57. The standard InChI is InChI=1S/C21H27NO2/c1-5-15-24-19-13-11-18(12-14-19)20(23)22(21(2,3)4)16-17-9-7-6-8-10-17/h6-14H,5,15-16H2,1-4H3. The summed E-state index contributed by atoms with van der Waals surface area (Å²) in [6.45, 7) is 9.54. The monoisotopic (exact) mass is 325 g/mol. The second-order valence-corrected chi connectivity index (χ2v) is 6.92. The van der Waals surface area contributed by atoms with Gasteiger partial charge in [0.25, 0.3) is 5.91 Å². The molecule has 3 heteroatoms. The van der Waals surface area contributed by atoms with Gasteiger partial charge in [0, 0.05) is 17.6 Å². The zero-order chi connectivity index (χ0) is 17.6. The molecular formula is C21H27NO2. The second kappa shape index (κ2) is 8.00. The van der Waals surface area contributed by atoms with Gasteiger partial charge in [0.2, 0.25) is 0 Å². The summed E-state index contributed by atoms with van der Waals surface area (Å²) in [4.78, 5) is 14.9. The molecule has 0 aromatic heterocycles. The molecule has 0 spiro atoms. The smallest absolute Gasteiger partial charge is 0.254 e. The van der Waals surface area contributed by atoms with Crippen molar-refractivity contribution < 1.29 is 9.53 Å². The molecule has 0 aliphatic carbocycles. The van der Waals surface area contributed by atoms with E-state index in [9.17, 15) is 4.79 Å². The lowest BCUT2D eigenvalue weighted by Gasteiger charge is -2.36. The van der Waals surface area contributed by atoms with Crippen LogP contribution in [0.25, 0.3) is 0 Å². The predicted octanol–water partition coefficient (Wildman–Crippen LogP) is 4.92. The SMILES string of the molecule is CCCOc1ccc(C(=O)N(Cc2ccccc2)C(C)(C)C)cc1. The van der Waals surface area contributed by atoms with Gasteiger partial charge in [-0.3, -0.25) is 4.79 Å². The van der Waals surface area contributed by atoms with Crippen molar-refractivity contribution in [2.45, 2.75) is 46.2 Å². The molecule has 0 N–H and O–H groups in total. The fourth-order valence-corrected chi connectivity index (χ4v) is 2.45. The molecular weight excluding hydrogens is 298 g/mol. The lowest BCUT2D eigenvalue weighted by molar-refractivity contribution is 0.0559. The summed E-state index contributed by atoms with van der Waals surface area (Å²) in [6, 6.07) is 17.5. The third-order valence-electron chi connectivity index (χ3n) is 3.81. The van der Waals surface area contributed by atoms with Crippen molar-refractivity contribution in [3.8, 4) is 5.75 Å². The number of hydrogen-bond acceptors (Lipinski definition) is 2. The molecule has 0 fully saturated rings. The van der Waals surface area contributed by atoms with Gasteiger partial charge in [-0.2, -0.15) is 0 Å². The fraction of sp³-hybridized carbons (Fsp3) is 0.381. The Hall–Kier alpha value is -2.29. The number of hydrogen-bond donors (Lipinski definition) is 0. The van der Waals surface area contributed by atoms with Gasteiger partial charge >= 0.3 is 0 Å². The summed E-state index contributed by atoms with van der Waals surface area (Å²) in [6.07, 6.45) is 0.968. The van der Waals surface area contributed by atoms with Crippen LogP contribution < -0.4 is 4.74 Å². The molecule has 0 aliphatic heterocycles. The topological polar surface area (TPSA) is 29.5 Å². The molecule has 24 heavy (non-hydrogen) atoms. The first-order chi connectivity index (χ1) is 11.4. The van der Waals surface area contributed by atoms with Crippen LogP contribution in [0.4, 0.5) is 0 Å². The Labute approximate surface area is 145 Å². The molecule has 0 saturated heterocycles. The molecule has 0 atom stereocenters. The van der Waals surface area contributed by atoms with E-state index in [1.807, 2.05) is 59.5 Å². The molecule has 0 saturated carbocycles. The minimum absolute atomic E-state index is 0.0356. The normalized spacial score (nSPS) is 11.2. The highest BCUT2D eigenvalue weighted by Gasteiger charge is 2.27.